The topological polar surface area (TPSA) is 25.8 Å². The minimum atomic E-state index is 0.881. The molecule has 0 saturated carbocycles. The van der Waals surface area contributed by atoms with Crippen molar-refractivity contribution in [2.45, 2.75) is 6.92 Å². The van der Waals surface area contributed by atoms with Gasteiger partial charge in [0, 0.05) is 18.0 Å². The molecule has 8 rings (SSSR count). The lowest BCUT2D eigenvalue weighted by atomic mass is 9.85. The fourth-order valence-corrected chi connectivity index (χ4v) is 6.27. The summed E-state index contributed by atoms with van der Waals surface area (Å²) >= 11 is 0. The van der Waals surface area contributed by atoms with Gasteiger partial charge in [-0.05, 0) is 96.9 Å². The van der Waals surface area contributed by atoms with Gasteiger partial charge in [-0.25, -0.2) is 0 Å². The molecule has 0 aliphatic rings. The van der Waals surface area contributed by atoms with E-state index in [2.05, 4.69) is 138 Å². The summed E-state index contributed by atoms with van der Waals surface area (Å²) in [5, 5.41) is 7.51. The van der Waals surface area contributed by atoms with Crippen LogP contribution >= 0.6 is 0 Å². The standard InChI is InChI=1S/C41H28N2/c1-27-15-21-38(42-25-27)39-22-20-33(26-43-39)31-17-16-30-24-32(19-18-29(30)23-31)41-36-13-7-5-11-34(36)40(28-9-3-2-4-10-28)35-12-6-8-14-37(35)41/h2-26H,1H3. The Hall–Kier alpha value is -5.60. The number of aromatic nitrogens is 2. The normalized spacial score (nSPS) is 11.4. The van der Waals surface area contributed by atoms with E-state index in [0.29, 0.717) is 0 Å². The van der Waals surface area contributed by atoms with E-state index in [1.807, 2.05) is 25.4 Å². The minimum absolute atomic E-state index is 0.881. The zero-order chi connectivity index (χ0) is 28.8. The molecule has 0 fully saturated rings. The lowest BCUT2D eigenvalue weighted by Gasteiger charge is -2.18. The van der Waals surface area contributed by atoms with Gasteiger partial charge in [0.2, 0.25) is 0 Å². The van der Waals surface area contributed by atoms with Gasteiger partial charge < -0.3 is 0 Å². The lowest BCUT2D eigenvalue weighted by Crippen LogP contribution is -1.91. The molecule has 2 nitrogen and oxygen atoms in total. The first kappa shape index (κ1) is 25.1. The van der Waals surface area contributed by atoms with Crippen LogP contribution in [0.5, 0.6) is 0 Å². The number of nitrogens with zero attached hydrogens (tertiary/aromatic N) is 2. The number of benzene rings is 6. The molecule has 0 atom stereocenters. The Morgan fingerprint density at radius 3 is 1.42 bits per heavy atom. The van der Waals surface area contributed by atoms with E-state index in [1.54, 1.807) is 0 Å². The Kier molecular flexibility index (Phi) is 6.05. The van der Waals surface area contributed by atoms with E-state index in [0.717, 1.165) is 28.1 Å². The molecular weight excluding hydrogens is 520 g/mol. The Labute approximate surface area is 251 Å². The number of hydrogen-bond acceptors (Lipinski definition) is 2. The third kappa shape index (κ3) is 4.45. The maximum absolute atomic E-state index is 4.71. The average molecular weight is 549 g/mol. The summed E-state index contributed by atoms with van der Waals surface area (Å²) in [6.45, 7) is 2.04. The van der Waals surface area contributed by atoms with Gasteiger partial charge >= 0.3 is 0 Å². The van der Waals surface area contributed by atoms with Crippen molar-refractivity contribution in [3.8, 4) is 44.8 Å². The van der Waals surface area contributed by atoms with E-state index in [1.165, 1.54) is 54.6 Å². The molecule has 202 valence electrons. The quantitative estimate of drug-likeness (QED) is 0.204. The van der Waals surface area contributed by atoms with Gasteiger partial charge in [0.05, 0.1) is 11.4 Å². The highest BCUT2D eigenvalue weighted by Crippen LogP contribution is 2.44. The first-order valence-electron chi connectivity index (χ1n) is 14.7. The smallest absolute Gasteiger partial charge is 0.0886 e. The van der Waals surface area contributed by atoms with Crippen LogP contribution in [0.2, 0.25) is 0 Å². The van der Waals surface area contributed by atoms with Gasteiger partial charge in [-0.2, -0.15) is 0 Å². The second kappa shape index (κ2) is 10.3. The zero-order valence-corrected chi connectivity index (χ0v) is 23.8. The molecule has 0 aliphatic carbocycles. The predicted molar refractivity (Wildman–Crippen MR) is 181 cm³/mol. The third-order valence-corrected chi connectivity index (χ3v) is 8.39. The molecule has 2 aromatic heterocycles. The van der Waals surface area contributed by atoms with E-state index >= 15 is 0 Å². The monoisotopic (exact) mass is 548 g/mol. The maximum atomic E-state index is 4.71. The fourth-order valence-electron chi connectivity index (χ4n) is 6.27. The molecule has 0 saturated heterocycles. The van der Waals surface area contributed by atoms with Gasteiger partial charge in [-0.1, -0.05) is 115 Å². The van der Waals surface area contributed by atoms with Crippen molar-refractivity contribution in [1.82, 2.24) is 9.97 Å². The van der Waals surface area contributed by atoms with E-state index in [9.17, 15) is 0 Å². The maximum Gasteiger partial charge on any atom is 0.0886 e. The summed E-state index contributed by atoms with van der Waals surface area (Å²) in [4.78, 5) is 9.23. The van der Waals surface area contributed by atoms with Crippen LogP contribution in [0.15, 0.2) is 152 Å². The molecule has 0 aliphatic heterocycles. The Morgan fingerprint density at radius 1 is 0.372 bits per heavy atom. The number of hydrogen-bond donors (Lipinski definition) is 0. The van der Waals surface area contributed by atoms with Crippen LogP contribution in [0.4, 0.5) is 0 Å². The molecule has 8 aromatic rings. The van der Waals surface area contributed by atoms with Crippen molar-refractivity contribution in [2.24, 2.45) is 0 Å². The predicted octanol–water partition coefficient (Wildman–Crippen LogP) is 10.9. The van der Waals surface area contributed by atoms with Crippen LogP contribution in [0.3, 0.4) is 0 Å². The van der Waals surface area contributed by atoms with Gasteiger partial charge in [-0.3, -0.25) is 9.97 Å². The minimum Gasteiger partial charge on any atom is -0.254 e. The van der Waals surface area contributed by atoms with Crippen molar-refractivity contribution in [2.75, 3.05) is 0 Å². The molecule has 0 spiro atoms. The van der Waals surface area contributed by atoms with E-state index in [4.69, 9.17) is 4.98 Å². The van der Waals surface area contributed by atoms with Crippen LogP contribution < -0.4 is 0 Å². The van der Waals surface area contributed by atoms with Crippen LogP contribution in [0.1, 0.15) is 5.56 Å². The molecule has 0 unspecified atom stereocenters. The number of pyridine rings is 2. The molecule has 2 heterocycles. The van der Waals surface area contributed by atoms with Crippen LogP contribution in [-0.2, 0) is 0 Å². The second-order valence-corrected chi connectivity index (χ2v) is 11.1. The SMILES string of the molecule is Cc1ccc(-c2ccc(-c3ccc4cc(-c5c6ccccc6c(-c6ccccc6)c6ccccc56)ccc4c3)cn2)nc1. The number of fused-ring (bicyclic) bond motifs is 3. The molecule has 0 bridgehead atoms. The lowest BCUT2D eigenvalue weighted by molar-refractivity contribution is 1.22. The summed E-state index contributed by atoms with van der Waals surface area (Å²) in [5.74, 6) is 0. The Morgan fingerprint density at radius 2 is 0.860 bits per heavy atom. The summed E-state index contributed by atoms with van der Waals surface area (Å²) in [6.07, 6.45) is 3.82. The first-order chi connectivity index (χ1) is 21.2. The van der Waals surface area contributed by atoms with Crippen molar-refractivity contribution in [3.05, 3.63) is 157 Å². The molecular formula is C41H28N2. The average Bonchev–Trinajstić information content (AvgIpc) is 3.07. The van der Waals surface area contributed by atoms with Crippen LogP contribution in [-0.4, -0.2) is 9.97 Å². The highest BCUT2D eigenvalue weighted by Gasteiger charge is 2.16. The molecule has 43 heavy (non-hydrogen) atoms. The molecule has 0 amide bonds. The van der Waals surface area contributed by atoms with Gasteiger partial charge in [0.1, 0.15) is 0 Å². The fraction of sp³-hybridized carbons (Fsp3) is 0.0244. The van der Waals surface area contributed by atoms with Gasteiger partial charge in [0.25, 0.3) is 0 Å². The van der Waals surface area contributed by atoms with Gasteiger partial charge in [0.15, 0.2) is 0 Å². The van der Waals surface area contributed by atoms with Gasteiger partial charge in [-0.15, -0.1) is 0 Å². The van der Waals surface area contributed by atoms with E-state index in [-0.39, 0.29) is 0 Å². The highest BCUT2D eigenvalue weighted by molar-refractivity contribution is 6.21. The molecule has 0 radical (unpaired) electrons. The Balaban J connectivity index is 1.23. The van der Waals surface area contributed by atoms with Crippen LogP contribution in [0, 0.1) is 6.92 Å². The van der Waals surface area contributed by atoms with Crippen LogP contribution in [0.25, 0.3) is 77.1 Å². The molecule has 2 heteroatoms. The van der Waals surface area contributed by atoms with Crippen molar-refractivity contribution in [3.63, 3.8) is 0 Å². The summed E-state index contributed by atoms with van der Waals surface area (Å²) < 4.78 is 0. The summed E-state index contributed by atoms with van der Waals surface area (Å²) in [6, 6.07) is 50.2. The zero-order valence-electron chi connectivity index (χ0n) is 23.8. The Bertz CT molecular complexity index is 2210. The molecule has 0 N–H and O–H groups in total. The second-order valence-electron chi connectivity index (χ2n) is 11.1. The largest absolute Gasteiger partial charge is 0.254 e. The van der Waals surface area contributed by atoms with Crippen molar-refractivity contribution in [1.29, 1.82) is 0 Å². The van der Waals surface area contributed by atoms with E-state index < -0.39 is 0 Å². The summed E-state index contributed by atoms with van der Waals surface area (Å²) in [5.41, 5.74) is 10.2. The highest BCUT2D eigenvalue weighted by atomic mass is 14.8. The summed E-state index contributed by atoms with van der Waals surface area (Å²) in [7, 11) is 0. The van der Waals surface area contributed by atoms with Crippen molar-refractivity contribution >= 4 is 32.3 Å². The van der Waals surface area contributed by atoms with Crippen molar-refractivity contribution < 1.29 is 0 Å². The first-order valence-corrected chi connectivity index (χ1v) is 14.7. The molecule has 6 aromatic carbocycles. The third-order valence-electron chi connectivity index (χ3n) is 8.39. The number of rotatable bonds is 4. The number of aryl methyl sites for hydroxylation is 1.